The second kappa shape index (κ2) is 8.77. The van der Waals surface area contributed by atoms with Gasteiger partial charge in [0, 0.05) is 18.5 Å². The summed E-state index contributed by atoms with van der Waals surface area (Å²) in [5.74, 6) is 1.25. The molecule has 0 saturated heterocycles. The molecule has 0 radical (unpaired) electrons. The quantitative estimate of drug-likeness (QED) is 0.210. The number of guanidine groups is 1. The summed E-state index contributed by atoms with van der Waals surface area (Å²) >= 11 is 0. The number of likely N-dealkylation sites (N-methyl/N-ethyl adjacent to an activating group) is 1. The molecule has 0 amide bonds. The SMILES string of the molecule is CN(C)CCNC(=N)N/N=C/[C@@]1(O)CC[C@]2(O)[C@@H]3CC[C@@H]4C[C@@H](O)CC[C@]4(C)[C@H]3CC[C@]12C. The van der Waals surface area contributed by atoms with Gasteiger partial charge in [0.05, 0.1) is 17.9 Å². The van der Waals surface area contributed by atoms with Crippen molar-refractivity contribution in [3.05, 3.63) is 0 Å². The van der Waals surface area contributed by atoms with Crippen molar-refractivity contribution in [1.82, 2.24) is 15.6 Å². The number of nitrogens with one attached hydrogen (secondary N) is 3. The van der Waals surface area contributed by atoms with Gasteiger partial charge < -0.3 is 25.5 Å². The maximum Gasteiger partial charge on any atom is 0.209 e. The molecular weight excluding hydrogens is 418 g/mol. The third-order valence-electron chi connectivity index (χ3n) is 10.3. The minimum Gasteiger partial charge on any atom is -0.393 e. The number of hydrogen-bond acceptors (Lipinski definition) is 6. The van der Waals surface area contributed by atoms with Gasteiger partial charge in [-0.2, -0.15) is 5.10 Å². The van der Waals surface area contributed by atoms with Crippen LogP contribution in [0.1, 0.15) is 71.6 Å². The van der Waals surface area contributed by atoms with E-state index in [1.165, 1.54) is 6.21 Å². The molecule has 0 aromatic carbocycles. The van der Waals surface area contributed by atoms with Crippen LogP contribution in [0.2, 0.25) is 0 Å². The maximum atomic E-state index is 12.2. The molecule has 0 aliphatic heterocycles. The Kier molecular flexibility index (Phi) is 6.62. The van der Waals surface area contributed by atoms with Crippen molar-refractivity contribution >= 4 is 12.2 Å². The predicted octanol–water partition coefficient (Wildman–Crippen LogP) is 1.90. The van der Waals surface area contributed by atoms with Gasteiger partial charge in [0.25, 0.3) is 0 Å². The molecule has 8 nitrogen and oxygen atoms in total. The first-order chi connectivity index (χ1) is 15.5. The lowest BCUT2D eigenvalue weighted by molar-refractivity contribution is -0.223. The van der Waals surface area contributed by atoms with Gasteiger partial charge in [0.1, 0.15) is 5.60 Å². The minimum atomic E-state index is -1.20. The van der Waals surface area contributed by atoms with Crippen LogP contribution in [0, 0.1) is 34.0 Å². The smallest absolute Gasteiger partial charge is 0.209 e. The van der Waals surface area contributed by atoms with Crippen LogP contribution < -0.4 is 10.7 Å². The maximum absolute atomic E-state index is 12.2. The number of rotatable bonds is 5. The van der Waals surface area contributed by atoms with Crippen molar-refractivity contribution < 1.29 is 15.3 Å². The summed E-state index contributed by atoms with van der Waals surface area (Å²) < 4.78 is 0. The summed E-state index contributed by atoms with van der Waals surface area (Å²) in [6.07, 6.45) is 9.00. The molecule has 4 aliphatic rings. The molecule has 4 rings (SSSR count). The summed E-state index contributed by atoms with van der Waals surface area (Å²) in [7, 11) is 3.96. The minimum absolute atomic E-state index is 0.101. The van der Waals surface area contributed by atoms with Crippen molar-refractivity contribution in [2.45, 2.75) is 88.9 Å². The molecule has 0 bridgehead atoms. The molecule has 0 aromatic rings. The summed E-state index contributed by atoms with van der Waals surface area (Å²) in [4.78, 5) is 2.03. The van der Waals surface area contributed by atoms with E-state index in [1.807, 2.05) is 25.9 Å². The van der Waals surface area contributed by atoms with Gasteiger partial charge >= 0.3 is 0 Å². The molecule has 6 N–H and O–H groups in total. The highest BCUT2D eigenvalue weighted by atomic mass is 16.3. The fraction of sp³-hybridized carbons (Fsp3) is 0.920. The van der Waals surface area contributed by atoms with E-state index in [1.54, 1.807) is 0 Å². The Morgan fingerprint density at radius 2 is 1.82 bits per heavy atom. The number of aliphatic hydroxyl groups is 3. The van der Waals surface area contributed by atoms with Crippen LogP contribution in [0.15, 0.2) is 5.10 Å². The number of hydrogen-bond donors (Lipinski definition) is 6. The van der Waals surface area contributed by atoms with Crippen LogP contribution in [0.5, 0.6) is 0 Å². The van der Waals surface area contributed by atoms with Crippen LogP contribution in [0.25, 0.3) is 0 Å². The van der Waals surface area contributed by atoms with Gasteiger partial charge in [-0.1, -0.05) is 13.8 Å². The van der Waals surface area contributed by atoms with E-state index >= 15 is 0 Å². The molecule has 4 saturated carbocycles. The Labute approximate surface area is 198 Å². The number of fused-ring (bicyclic) bond motifs is 5. The Morgan fingerprint density at radius 1 is 1.06 bits per heavy atom. The lowest BCUT2D eigenvalue weighted by Gasteiger charge is -2.64. The highest BCUT2D eigenvalue weighted by Gasteiger charge is 2.71. The van der Waals surface area contributed by atoms with E-state index in [9.17, 15) is 15.3 Å². The van der Waals surface area contributed by atoms with Crippen LogP contribution in [0.4, 0.5) is 0 Å². The van der Waals surface area contributed by atoms with Crippen molar-refractivity contribution in [2.75, 3.05) is 27.2 Å². The largest absolute Gasteiger partial charge is 0.393 e. The highest BCUT2D eigenvalue weighted by Crippen LogP contribution is 2.69. The van der Waals surface area contributed by atoms with E-state index in [4.69, 9.17) is 5.41 Å². The first-order valence-electron chi connectivity index (χ1n) is 12.9. The first kappa shape index (κ1) is 24.9. The van der Waals surface area contributed by atoms with Gasteiger partial charge in [-0.15, -0.1) is 0 Å². The average Bonchev–Trinajstić information content (AvgIpc) is 2.95. The molecule has 0 spiro atoms. The second-order valence-corrected chi connectivity index (χ2v) is 12.1. The van der Waals surface area contributed by atoms with Crippen LogP contribution >= 0.6 is 0 Å². The Morgan fingerprint density at radius 3 is 2.55 bits per heavy atom. The summed E-state index contributed by atoms with van der Waals surface area (Å²) in [5, 5.41) is 49.3. The zero-order valence-electron chi connectivity index (χ0n) is 20.9. The third-order valence-corrected chi connectivity index (χ3v) is 10.3. The molecule has 188 valence electrons. The lowest BCUT2D eigenvalue weighted by Crippen LogP contribution is -2.65. The molecule has 8 heteroatoms. The normalized spacial score (nSPS) is 47.2. The monoisotopic (exact) mass is 463 g/mol. The number of aliphatic hydroxyl groups excluding tert-OH is 1. The number of hydrazone groups is 1. The Hall–Kier alpha value is -1.22. The van der Waals surface area contributed by atoms with Gasteiger partial charge in [-0.25, -0.2) is 5.43 Å². The topological polar surface area (TPSA) is 124 Å². The number of nitrogens with zero attached hydrogens (tertiary/aromatic N) is 2. The van der Waals surface area contributed by atoms with E-state index in [0.717, 1.165) is 51.5 Å². The highest BCUT2D eigenvalue weighted by molar-refractivity contribution is 5.79. The fourth-order valence-electron chi connectivity index (χ4n) is 8.11. The average molecular weight is 464 g/mol. The lowest BCUT2D eigenvalue weighted by atomic mass is 9.43. The van der Waals surface area contributed by atoms with E-state index in [2.05, 4.69) is 22.8 Å². The van der Waals surface area contributed by atoms with Crippen LogP contribution in [-0.2, 0) is 0 Å². The van der Waals surface area contributed by atoms with E-state index < -0.39 is 16.6 Å². The van der Waals surface area contributed by atoms with Crippen molar-refractivity contribution in [3.8, 4) is 0 Å². The van der Waals surface area contributed by atoms with E-state index in [-0.39, 0.29) is 23.4 Å². The predicted molar refractivity (Wildman–Crippen MR) is 130 cm³/mol. The molecule has 4 aliphatic carbocycles. The molecular formula is C25H45N5O3. The van der Waals surface area contributed by atoms with Crippen molar-refractivity contribution in [2.24, 2.45) is 33.7 Å². The fourth-order valence-corrected chi connectivity index (χ4v) is 8.11. The van der Waals surface area contributed by atoms with Gasteiger partial charge in [-0.05, 0) is 95.1 Å². The van der Waals surface area contributed by atoms with Gasteiger partial charge in [0.2, 0.25) is 5.96 Å². The van der Waals surface area contributed by atoms with Crippen LogP contribution in [0.3, 0.4) is 0 Å². The summed E-state index contributed by atoms with van der Waals surface area (Å²) in [6, 6.07) is 0. The van der Waals surface area contributed by atoms with Crippen molar-refractivity contribution in [3.63, 3.8) is 0 Å². The zero-order valence-corrected chi connectivity index (χ0v) is 20.9. The summed E-state index contributed by atoms with van der Waals surface area (Å²) in [5.41, 5.74) is 0.0796. The zero-order chi connectivity index (χ0) is 24.1. The molecule has 0 heterocycles. The van der Waals surface area contributed by atoms with Crippen molar-refractivity contribution in [1.29, 1.82) is 5.41 Å². The molecule has 33 heavy (non-hydrogen) atoms. The summed E-state index contributed by atoms with van der Waals surface area (Å²) in [6.45, 7) is 5.88. The molecule has 0 aromatic heterocycles. The molecule has 0 unspecified atom stereocenters. The van der Waals surface area contributed by atoms with Crippen LogP contribution in [-0.4, -0.2) is 76.9 Å². The molecule has 8 atom stereocenters. The third kappa shape index (κ3) is 4.01. The Balaban J connectivity index is 1.47. The van der Waals surface area contributed by atoms with Gasteiger partial charge in [0.15, 0.2) is 0 Å². The van der Waals surface area contributed by atoms with E-state index in [0.29, 0.717) is 31.2 Å². The first-order valence-corrected chi connectivity index (χ1v) is 12.9. The standard InChI is InChI=1S/C25H45N5O3/c1-22-9-7-18(31)15-17(22)5-6-20-19(22)8-10-23(2)24(32,11-12-25(20,23)33)16-28-29-21(26)27-13-14-30(3)4/h16-20,31-33H,5-15H2,1-4H3,(H3,26,27,29)/b28-16+/t17-,18+,19+,20-,22+,23-,24+,25+/m1/s1. The molecule has 4 fully saturated rings. The van der Waals surface area contributed by atoms with Gasteiger partial charge in [-0.3, -0.25) is 5.41 Å². The Bertz CT molecular complexity index is 777. The second-order valence-electron chi connectivity index (χ2n) is 12.1.